The van der Waals surface area contributed by atoms with E-state index in [0.29, 0.717) is 19.5 Å². The van der Waals surface area contributed by atoms with Crippen molar-refractivity contribution in [2.24, 2.45) is 0 Å². The normalized spacial score (nSPS) is 19.9. The van der Waals surface area contributed by atoms with Crippen LogP contribution in [0.15, 0.2) is 29.2 Å². The fraction of sp³-hybridized carbons (Fsp3) is 0.500. The van der Waals surface area contributed by atoms with Gasteiger partial charge >= 0.3 is 5.51 Å². The first-order chi connectivity index (χ1) is 9.83. The Morgan fingerprint density at radius 1 is 1.33 bits per heavy atom. The van der Waals surface area contributed by atoms with Crippen LogP contribution in [0.4, 0.5) is 13.2 Å². The highest BCUT2D eigenvalue weighted by Gasteiger charge is 2.29. The van der Waals surface area contributed by atoms with Gasteiger partial charge < -0.3 is 10.2 Å². The van der Waals surface area contributed by atoms with Gasteiger partial charge in [0.1, 0.15) is 0 Å². The van der Waals surface area contributed by atoms with E-state index in [9.17, 15) is 18.0 Å². The monoisotopic (exact) mass is 318 g/mol. The molecule has 116 valence electrons. The summed E-state index contributed by atoms with van der Waals surface area (Å²) in [4.78, 5) is 13.3. The Kier molecular flexibility index (Phi) is 5.16. The van der Waals surface area contributed by atoms with Crippen LogP contribution in [0.25, 0.3) is 0 Å². The molecule has 1 N–H and O–H groups in total. The maximum atomic E-state index is 12.2. The molecule has 1 unspecified atom stereocenters. The number of likely N-dealkylation sites (N-methyl/N-ethyl adjacent to an activating group) is 1. The lowest BCUT2D eigenvalue weighted by Gasteiger charge is -2.30. The van der Waals surface area contributed by atoms with Crippen LogP contribution in [0.1, 0.15) is 18.4 Å². The van der Waals surface area contributed by atoms with E-state index in [1.54, 1.807) is 24.1 Å². The van der Waals surface area contributed by atoms with Crippen molar-refractivity contribution in [3.8, 4) is 0 Å². The Bertz CT molecular complexity index is 490. The van der Waals surface area contributed by atoms with E-state index in [2.05, 4.69) is 5.32 Å². The Hall–Kier alpha value is -1.21. The number of hydrogen-bond acceptors (Lipinski definition) is 3. The van der Waals surface area contributed by atoms with Crippen molar-refractivity contribution in [2.45, 2.75) is 35.8 Å². The van der Waals surface area contributed by atoms with E-state index in [-0.39, 0.29) is 28.6 Å². The van der Waals surface area contributed by atoms with Crippen molar-refractivity contribution >= 4 is 17.7 Å². The lowest BCUT2D eigenvalue weighted by molar-refractivity contribution is -0.132. The highest BCUT2D eigenvalue weighted by atomic mass is 32.2. The number of piperidine rings is 1. The molecule has 21 heavy (non-hydrogen) atoms. The predicted octanol–water partition coefficient (Wildman–Crippen LogP) is 3.01. The lowest BCUT2D eigenvalue weighted by Crippen LogP contribution is -2.46. The summed E-state index contributed by atoms with van der Waals surface area (Å²) >= 11 is -0.108. The number of rotatable bonds is 4. The summed E-state index contributed by atoms with van der Waals surface area (Å²) in [7, 11) is 1.78. The van der Waals surface area contributed by atoms with Crippen molar-refractivity contribution < 1.29 is 18.0 Å². The summed E-state index contributed by atoms with van der Waals surface area (Å²) in [6, 6.07) is 6.58. The van der Waals surface area contributed by atoms with Crippen molar-refractivity contribution in [1.82, 2.24) is 10.2 Å². The second kappa shape index (κ2) is 6.70. The number of thioether (sulfide) groups is 1. The molecule has 1 aromatic rings. The molecule has 0 saturated carbocycles. The number of carbonyl (C=O) groups excluding carboxylic acids is 1. The predicted molar refractivity (Wildman–Crippen MR) is 75.9 cm³/mol. The summed E-state index contributed by atoms with van der Waals surface area (Å²) < 4.78 is 36.7. The number of nitrogens with one attached hydrogen (secondary N) is 1. The number of amides is 1. The molecule has 1 aliphatic rings. The fourth-order valence-electron chi connectivity index (χ4n) is 2.25. The molecular weight excluding hydrogens is 301 g/mol. The van der Waals surface area contributed by atoms with Crippen LogP contribution in [0.5, 0.6) is 0 Å². The Morgan fingerprint density at radius 2 is 2.00 bits per heavy atom. The zero-order valence-electron chi connectivity index (χ0n) is 11.6. The molecule has 1 saturated heterocycles. The number of nitrogens with zero attached hydrogens (tertiary/aromatic N) is 1. The van der Waals surface area contributed by atoms with Crippen molar-refractivity contribution in [2.75, 3.05) is 13.6 Å². The molecule has 2 rings (SSSR count). The van der Waals surface area contributed by atoms with E-state index in [1.807, 2.05) is 0 Å². The third-order valence-electron chi connectivity index (χ3n) is 3.38. The number of carbonyl (C=O) groups is 1. The van der Waals surface area contributed by atoms with Crippen molar-refractivity contribution in [3.05, 3.63) is 29.8 Å². The van der Waals surface area contributed by atoms with Gasteiger partial charge in [-0.05, 0) is 35.9 Å². The molecule has 7 heteroatoms. The molecule has 1 heterocycles. The standard InChI is InChI=1S/C14H17F3N2OS/c1-19-9-11(4-7-13(19)20)18-8-10-2-5-12(6-3-10)21-14(15,16)17/h2-3,5-6,11,18H,4,7-9H2,1H3. The van der Waals surface area contributed by atoms with Gasteiger partial charge in [0.05, 0.1) is 0 Å². The van der Waals surface area contributed by atoms with Gasteiger partial charge in [0.25, 0.3) is 0 Å². The second-order valence-electron chi connectivity index (χ2n) is 5.08. The van der Waals surface area contributed by atoms with Gasteiger partial charge in [-0.25, -0.2) is 0 Å². The summed E-state index contributed by atoms with van der Waals surface area (Å²) in [6.45, 7) is 1.25. The van der Waals surface area contributed by atoms with Gasteiger partial charge in [-0.1, -0.05) is 12.1 Å². The molecule has 0 aromatic heterocycles. The second-order valence-corrected chi connectivity index (χ2v) is 6.22. The van der Waals surface area contributed by atoms with Gasteiger partial charge in [0.2, 0.25) is 5.91 Å². The Balaban J connectivity index is 1.82. The van der Waals surface area contributed by atoms with E-state index >= 15 is 0 Å². The van der Waals surface area contributed by atoms with Gasteiger partial charge in [-0.2, -0.15) is 13.2 Å². The zero-order valence-corrected chi connectivity index (χ0v) is 12.4. The van der Waals surface area contributed by atoms with Gasteiger partial charge in [0.15, 0.2) is 0 Å². The molecule has 0 spiro atoms. The Labute approximate surface area is 125 Å². The highest BCUT2D eigenvalue weighted by molar-refractivity contribution is 8.00. The van der Waals surface area contributed by atoms with Crippen LogP contribution < -0.4 is 5.32 Å². The van der Waals surface area contributed by atoms with Crippen LogP contribution in [-0.2, 0) is 11.3 Å². The van der Waals surface area contributed by atoms with Crippen LogP contribution in [0.2, 0.25) is 0 Å². The minimum absolute atomic E-state index is 0.108. The molecule has 0 aliphatic carbocycles. The first-order valence-electron chi connectivity index (χ1n) is 6.65. The quantitative estimate of drug-likeness (QED) is 0.866. The first kappa shape index (κ1) is 16.2. The van der Waals surface area contributed by atoms with E-state index < -0.39 is 5.51 Å². The number of alkyl halides is 3. The van der Waals surface area contributed by atoms with E-state index in [1.165, 1.54) is 12.1 Å². The Morgan fingerprint density at radius 3 is 2.57 bits per heavy atom. The number of hydrogen-bond donors (Lipinski definition) is 1. The lowest BCUT2D eigenvalue weighted by atomic mass is 10.1. The summed E-state index contributed by atoms with van der Waals surface area (Å²) in [6.07, 6.45) is 1.33. The number of benzene rings is 1. The molecule has 3 nitrogen and oxygen atoms in total. The van der Waals surface area contributed by atoms with Gasteiger partial charge in [-0.3, -0.25) is 4.79 Å². The molecule has 1 aliphatic heterocycles. The molecule has 1 aromatic carbocycles. The highest BCUT2D eigenvalue weighted by Crippen LogP contribution is 2.36. The molecule has 0 bridgehead atoms. The summed E-state index contributed by atoms with van der Waals surface area (Å²) in [5, 5.41) is 3.33. The zero-order chi connectivity index (χ0) is 15.5. The molecule has 1 amide bonds. The van der Waals surface area contributed by atoms with Crippen LogP contribution >= 0.6 is 11.8 Å². The van der Waals surface area contributed by atoms with E-state index in [0.717, 1.165) is 12.0 Å². The fourth-order valence-corrected chi connectivity index (χ4v) is 2.79. The van der Waals surface area contributed by atoms with Crippen LogP contribution in [0, 0.1) is 0 Å². The topological polar surface area (TPSA) is 32.3 Å². The average molecular weight is 318 g/mol. The third kappa shape index (κ3) is 5.24. The average Bonchev–Trinajstić information content (AvgIpc) is 2.40. The molecule has 0 radical (unpaired) electrons. The maximum absolute atomic E-state index is 12.2. The van der Waals surface area contributed by atoms with Crippen molar-refractivity contribution in [1.29, 1.82) is 0 Å². The largest absolute Gasteiger partial charge is 0.446 e. The van der Waals surface area contributed by atoms with Gasteiger partial charge in [0, 0.05) is 37.5 Å². The van der Waals surface area contributed by atoms with Gasteiger partial charge in [-0.15, -0.1) is 0 Å². The number of halogens is 3. The molecule has 1 atom stereocenters. The minimum atomic E-state index is -4.25. The smallest absolute Gasteiger partial charge is 0.344 e. The first-order valence-corrected chi connectivity index (χ1v) is 7.47. The van der Waals surface area contributed by atoms with Crippen molar-refractivity contribution in [3.63, 3.8) is 0 Å². The summed E-state index contributed by atoms with van der Waals surface area (Å²) in [5.74, 6) is 0.154. The van der Waals surface area contributed by atoms with Crippen LogP contribution in [-0.4, -0.2) is 35.9 Å². The number of likely N-dealkylation sites (tertiary alicyclic amines) is 1. The minimum Gasteiger partial charge on any atom is -0.344 e. The van der Waals surface area contributed by atoms with E-state index in [4.69, 9.17) is 0 Å². The molecule has 1 fully saturated rings. The maximum Gasteiger partial charge on any atom is 0.446 e. The SMILES string of the molecule is CN1CC(NCc2ccc(SC(F)(F)F)cc2)CCC1=O. The van der Waals surface area contributed by atoms with Crippen LogP contribution in [0.3, 0.4) is 0 Å². The molecular formula is C14H17F3N2OS. The third-order valence-corrected chi connectivity index (χ3v) is 4.12. The summed E-state index contributed by atoms with van der Waals surface area (Å²) in [5.41, 5.74) is -3.32.